The lowest BCUT2D eigenvalue weighted by Crippen LogP contribution is -2.11. The van der Waals surface area contributed by atoms with E-state index in [4.69, 9.17) is 9.47 Å². The van der Waals surface area contributed by atoms with Crippen LogP contribution in [0.4, 0.5) is 34.1 Å². The van der Waals surface area contributed by atoms with Gasteiger partial charge in [0.2, 0.25) is 0 Å². The summed E-state index contributed by atoms with van der Waals surface area (Å²) < 4.78 is 11.1. The highest BCUT2D eigenvalue weighted by atomic mass is 16.5. The van der Waals surface area contributed by atoms with E-state index < -0.39 is 0 Å². The van der Waals surface area contributed by atoms with E-state index in [9.17, 15) is 9.59 Å². The second-order valence-corrected chi connectivity index (χ2v) is 18.6. The van der Waals surface area contributed by atoms with E-state index in [-0.39, 0.29) is 32.6 Å². The van der Waals surface area contributed by atoms with Crippen LogP contribution in [0.2, 0.25) is 0 Å². The average molecular weight is 965 g/mol. The number of nitrogens with zero attached hydrogens (tertiary/aromatic N) is 2. The third-order valence-corrected chi connectivity index (χ3v) is 13.4. The molecule has 0 aliphatic carbocycles. The molecule has 0 unspecified atom stereocenters. The molecule has 370 valence electrons. The minimum atomic E-state index is -0.212. The van der Waals surface area contributed by atoms with Crippen LogP contribution in [-0.4, -0.2) is 11.9 Å². The van der Waals surface area contributed by atoms with Gasteiger partial charge in [-0.25, -0.2) is 0 Å². The van der Waals surface area contributed by atoms with Crippen LogP contribution in [-0.2, 0) is 58.0 Å². The molecular formula is C67H68N2O4. The predicted molar refractivity (Wildman–Crippen MR) is 305 cm³/mol. The van der Waals surface area contributed by atoms with Crippen LogP contribution >= 0.6 is 0 Å². The van der Waals surface area contributed by atoms with Crippen molar-refractivity contribution in [3.63, 3.8) is 0 Å². The van der Waals surface area contributed by atoms with Crippen molar-refractivity contribution in [2.45, 2.75) is 86.9 Å². The molecule has 0 heterocycles. The van der Waals surface area contributed by atoms with Gasteiger partial charge in [0.05, 0.1) is 0 Å². The lowest BCUT2D eigenvalue weighted by molar-refractivity contribution is -0.145. The van der Waals surface area contributed by atoms with Gasteiger partial charge < -0.3 is 19.3 Å². The topological polar surface area (TPSA) is 59.1 Å². The fourth-order valence-corrected chi connectivity index (χ4v) is 8.62. The van der Waals surface area contributed by atoms with E-state index >= 15 is 0 Å². The van der Waals surface area contributed by atoms with Crippen molar-refractivity contribution >= 4 is 58.2 Å². The van der Waals surface area contributed by atoms with Gasteiger partial charge in [-0.2, -0.15) is 0 Å². The maximum atomic E-state index is 12.7. The quantitative estimate of drug-likeness (QED) is 0.0669. The second-order valence-electron chi connectivity index (χ2n) is 18.6. The summed E-state index contributed by atoms with van der Waals surface area (Å²) >= 11 is 0. The molecule has 0 atom stereocenters. The van der Waals surface area contributed by atoms with Crippen molar-refractivity contribution in [2.24, 2.45) is 0 Å². The first kappa shape index (κ1) is 52.6. The van der Waals surface area contributed by atoms with Crippen LogP contribution in [0.25, 0.3) is 12.2 Å². The van der Waals surface area contributed by atoms with Gasteiger partial charge in [0.25, 0.3) is 0 Å². The highest BCUT2D eigenvalue weighted by molar-refractivity contribution is 5.79. The Kier molecular flexibility index (Phi) is 18.2. The zero-order chi connectivity index (χ0) is 50.4. The van der Waals surface area contributed by atoms with E-state index in [0.717, 1.165) is 80.3 Å². The number of esters is 2. The highest BCUT2D eigenvalue weighted by Gasteiger charge is 2.17. The first-order valence-corrected chi connectivity index (χ1v) is 24.9. The van der Waals surface area contributed by atoms with Crippen molar-refractivity contribution < 1.29 is 19.1 Å². The molecule has 0 aliphatic heterocycles. The summed E-state index contributed by atoms with van der Waals surface area (Å²) in [6.45, 7) is 16.7. The molecule has 0 spiro atoms. The molecule has 8 aromatic carbocycles. The van der Waals surface area contributed by atoms with Crippen LogP contribution in [0.15, 0.2) is 195 Å². The van der Waals surface area contributed by atoms with Gasteiger partial charge >= 0.3 is 11.9 Å². The van der Waals surface area contributed by atoms with Gasteiger partial charge in [-0.3, -0.25) is 9.59 Å². The summed E-state index contributed by atoms with van der Waals surface area (Å²) in [5, 5.41) is 0. The summed E-state index contributed by atoms with van der Waals surface area (Å²) in [6, 6.07) is 63.7. The molecular weight excluding hydrogens is 897 g/mol. The zero-order valence-electron chi connectivity index (χ0n) is 42.1. The van der Waals surface area contributed by atoms with Gasteiger partial charge in [-0.1, -0.05) is 142 Å². The van der Waals surface area contributed by atoms with Gasteiger partial charge in [0, 0.05) is 47.0 Å². The Morgan fingerprint density at radius 2 is 0.644 bits per heavy atom. The fourth-order valence-electron chi connectivity index (χ4n) is 8.62. The third kappa shape index (κ3) is 14.2. The van der Waals surface area contributed by atoms with Crippen molar-refractivity contribution in [1.29, 1.82) is 0 Å². The van der Waals surface area contributed by atoms with Crippen LogP contribution < -0.4 is 9.80 Å². The molecule has 0 radical (unpaired) electrons. The second kappa shape index (κ2) is 25.2. The van der Waals surface area contributed by atoms with Gasteiger partial charge in [-0.15, -0.1) is 0 Å². The monoisotopic (exact) mass is 965 g/mol. The fraction of sp³-hybridized carbons (Fsp3) is 0.194. The molecule has 0 saturated carbocycles. The number of aryl methyl sites for hydroxylation is 8. The Labute approximate surface area is 433 Å². The molecule has 0 bridgehead atoms. The van der Waals surface area contributed by atoms with E-state index in [1.54, 1.807) is 12.2 Å². The van der Waals surface area contributed by atoms with E-state index in [1.807, 2.05) is 48.5 Å². The largest absolute Gasteiger partial charge is 0.461 e. The maximum absolute atomic E-state index is 12.7. The van der Waals surface area contributed by atoms with Crippen molar-refractivity contribution in [3.05, 3.63) is 262 Å². The number of hydrogen-bond acceptors (Lipinski definition) is 6. The van der Waals surface area contributed by atoms with Crippen molar-refractivity contribution in [2.75, 3.05) is 9.80 Å². The van der Waals surface area contributed by atoms with Crippen LogP contribution in [0.1, 0.15) is 87.0 Å². The third-order valence-electron chi connectivity index (χ3n) is 13.4. The molecule has 0 amide bonds. The molecule has 73 heavy (non-hydrogen) atoms. The minimum absolute atomic E-state index is 0. The molecule has 0 N–H and O–H groups in total. The van der Waals surface area contributed by atoms with Crippen molar-refractivity contribution in [1.82, 2.24) is 0 Å². The molecule has 0 aliphatic rings. The lowest BCUT2D eigenvalue weighted by Gasteiger charge is -2.27. The molecule has 6 nitrogen and oxygen atoms in total. The van der Waals surface area contributed by atoms with Gasteiger partial charge in [0.1, 0.15) is 13.2 Å². The first-order valence-electron chi connectivity index (χ1n) is 24.9. The minimum Gasteiger partial charge on any atom is -0.461 e. The number of carbonyl (C=O) groups excluding carboxylic acids is 2. The number of carbonyl (C=O) groups is 2. The van der Waals surface area contributed by atoms with E-state index in [0.29, 0.717) is 25.7 Å². The van der Waals surface area contributed by atoms with Crippen LogP contribution in [0.3, 0.4) is 0 Å². The normalized spacial score (nSPS) is 10.7. The predicted octanol–water partition coefficient (Wildman–Crippen LogP) is 16.9. The summed E-state index contributed by atoms with van der Waals surface area (Å²) in [4.78, 5) is 29.9. The van der Waals surface area contributed by atoms with E-state index in [2.05, 4.69) is 184 Å². The number of hydrogen-bond donors (Lipinski definition) is 0. The Bertz CT molecular complexity index is 2890. The SMILES string of the molecule is C.C=Cc1ccc(COC(=O)CCc2ccc(N(c3ccc(CCc4ccc(N(c5ccc(CCC(=O)OCc6ccc(C=C)cc6)cc5)c5ccc(C)c(C)c5)cc4)cc3)c3ccc(C)c(C)c3)cc2)cc1. The van der Waals surface area contributed by atoms with Gasteiger partial charge in [0.15, 0.2) is 0 Å². The zero-order valence-corrected chi connectivity index (χ0v) is 42.1. The lowest BCUT2D eigenvalue weighted by atomic mass is 10.0. The summed E-state index contributed by atoms with van der Waals surface area (Å²) in [5.41, 5.74) is 20.1. The standard InChI is InChI=1S/C66H64N2O4.CH4/c1-7-51-11-17-57(18-12-51)45-71-65(69)41-29-55-25-37-61(38-26-55)67(63-31-9-47(3)49(5)43-63)59-33-21-53(22-34-59)15-16-54-23-35-60(36-24-54)68(64-32-10-48(4)50(6)44-64)62-39-27-56(28-40-62)30-42-66(70)72-46-58-19-13-52(8-2)14-20-58;/h7-14,17-28,31-40,43-44H,1-2,15-16,29-30,41-42,45-46H2,3-6H3;1H4. The van der Waals surface area contributed by atoms with Crippen LogP contribution in [0, 0.1) is 27.7 Å². The Balaban J connectivity index is 0.00000780. The molecule has 0 fully saturated rings. The summed E-state index contributed by atoms with van der Waals surface area (Å²) in [7, 11) is 0. The molecule has 8 aromatic rings. The Morgan fingerprint density at radius 1 is 0.370 bits per heavy atom. The Hall–Kier alpha value is -8.22. The van der Waals surface area contributed by atoms with Gasteiger partial charge in [-0.05, 0) is 193 Å². The maximum Gasteiger partial charge on any atom is 0.306 e. The number of ether oxygens (including phenoxy) is 2. The first-order chi connectivity index (χ1) is 35.0. The molecule has 8 rings (SSSR count). The highest BCUT2D eigenvalue weighted by Crippen LogP contribution is 2.38. The number of benzene rings is 8. The van der Waals surface area contributed by atoms with E-state index in [1.165, 1.54) is 33.4 Å². The number of rotatable bonds is 21. The number of anilines is 6. The molecule has 6 heteroatoms. The summed E-state index contributed by atoms with van der Waals surface area (Å²) in [6.07, 6.45) is 7.23. The molecule has 0 aromatic heterocycles. The van der Waals surface area contributed by atoms with Crippen molar-refractivity contribution in [3.8, 4) is 0 Å². The van der Waals surface area contributed by atoms with Crippen LogP contribution in [0.5, 0.6) is 0 Å². The molecule has 0 saturated heterocycles. The smallest absolute Gasteiger partial charge is 0.306 e. The Morgan fingerprint density at radius 3 is 0.932 bits per heavy atom. The summed E-state index contributed by atoms with van der Waals surface area (Å²) in [5.74, 6) is -0.423. The average Bonchev–Trinajstić information content (AvgIpc) is 3.41.